The lowest BCUT2D eigenvalue weighted by Gasteiger charge is -2.37. The Kier molecular flexibility index (Phi) is 7.48. The Morgan fingerprint density at radius 1 is 0.972 bits per heavy atom. The summed E-state index contributed by atoms with van der Waals surface area (Å²) in [5.41, 5.74) is 3.96. The standard InChI is InChI=1S/C29H32FN3O2S/c1-2-21-7-9-22(10-8-21)29(35)32-14-4-13-31(16-17-32)27(34)20-33-15-11-26-25(12-18-36-26)28(33)23-5-3-6-24(30)19-23/h3,5-10,12,18-19,28H,2,4,11,13-17,20H2,1H3. The molecule has 2 amide bonds. The highest BCUT2D eigenvalue weighted by atomic mass is 32.1. The molecule has 3 heterocycles. The van der Waals surface area contributed by atoms with Crippen LogP contribution in [0.3, 0.4) is 0 Å². The first-order valence-electron chi connectivity index (χ1n) is 12.7. The summed E-state index contributed by atoms with van der Waals surface area (Å²) in [7, 11) is 0. The number of fused-ring (bicyclic) bond motifs is 1. The molecule has 1 fully saturated rings. The van der Waals surface area contributed by atoms with Crippen LogP contribution in [-0.2, 0) is 17.6 Å². The van der Waals surface area contributed by atoms with Crippen molar-refractivity contribution in [3.63, 3.8) is 0 Å². The molecule has 1 aromatic heterocycles. The van der Waals surface area contributed by atoms with E-state index in [0.717, 1.165) is 31.4 Å². The molecule has 7 heteroatoms. The molecule has 36 heavy (non-hydrogen) atoms. The Labute approximate surface area is 216 Å². The largest absolute Gasteiger partial charge is 0.340 e. The summed E-state index contributed by atoms with van der Waals surface area (Å²) in [6.07, 6.45) is 2.60. The molecule has 2 aromatic carbocycles. The van der Waals surface area contributed by atoms with E-state index in [1.54, 1.807) is 23.5 Å². The van der Waals surface area contributed by atoms with Crippen molar-refractivity contribution in [2.24, 2.45) is 0 Å². The molecule has 0 spiro atoms. The summed E-state index contributed by atoms with van der Waals surface area (Å²) < 4.78 is 14.1. The molecule has 2 aliphatic rings. The second kappa shape index (κ2) is 10.9. The second-order valence-corrected chi connectivity index (χ2v) is 10.6. The van der Waals surface area contributed by atoms with Crippen molar-refractivity contribution in [3.8, 4) is 0 Å². The smallest absolute Gasteiger partial charge is 0.253 e. The lowest BCUT2D eigenvalue weighted by atomic mass is 9.93. The minimum Gasteiger partial charge on any atom is -0.340 e. The number of nitrogens with zero attached hydrogens (tertiary/aromatic N) is 3. The van der Waals surface area contributed by atoms with E-state index in [0.29, 0.717) is 31.7 Å². The number of hydrogen-bond acceptors (Lipinski definition) is 4. The van der Waals surface area contributed by atoms with Gasteiger partial charge in [0.25, 0.3) is 5.91 Å². The fraction of sp³-hybridized carbons (Fsp3) is 0.379. The molecule has 2 aliphatic heterocycles. The van der Waals surface area contributed by atoms with Crippen LogP contribution in [0.25, 0.3) is 0 Å². The molecule has 0 aliphatic carbocycles. The molecule has 188 valence electrons. The number of benzene rings is 2. The normalized spacial score (nSPS) is 18.6. The van der Waals surface area contributed by atoms with E-state index in [9.17, 15) is 14.0 Å². The van der Waals surface area contributed by atoms with Crippen LogP contribution < -0.4 is 0 Å². The maximum Gasteiger partial charge on any atom is 0.253 e. The zero-order valence-electron chi connectivity index (χ0n) is 20.7. The third kappa shape index (κ3) is 5.22. The van der Waals surface area contributed by atoms with Crippen LogP contribution in [0.4, 0.5) is 4.39 Å². The monoisotopic (exact) mass is 505 g/mol. The van der Waals surface area contributed by atoms with Crippen molar-refractivity contribution >= 4 is 23.2 Å². The number of halogens is 1. The summed E-state index contributed by atoms with van der Waals surface area (Å²) in [4.78, 5) is 33.7. The van der Waals surface area contributed by atoms with E-state index in [2.05, 4.69) is 23.3 Å². The van der Waals surface area contributed by atoms with Gasteiger partial charge in [0, 0.05) is 43.2 Å². The van der Waals surface area contributed by atoms with E-state index in [1.807, 2.05) is 40.1 Å². The average Bonchev–Trinajstić information content (AvgIpc) is 3.23. The van der Waals surface area contributed by atoms with Crippen LogP contribution in [0.2, 0.25) is 0 Å². The van der Waals surface area contributed by atoms with Gasteiger partial charge in [-0.3, -0.25) is 14.5 Å². The SMILES string of the molecule is CCc1ccc(C(=O)N2CCCN(C(=O)CN3CCc4sccc4C3c3cccc(F)c3)CC2)cc1. The molecule has 1 atom stereocenters. The molecule has 1 unspecified atom stereocenters. The van der Waals surface area contributed by atoms with Gasteiger partial charge in [-0.05, 0) is 71.7 Å². The van der Waals surface area contributed by atoms with Gasteiger partial charge in [-0.25, -0.2) is 4.39 Å². The summed E-state index contributed by atoms with van der Waals surface area (Å²) >= 11 is 1.73. The predicted octanol–water partition coefficient (Wildman–Crippen LogP) is 4.77. The molecule has 1 saturated heterocycles. The first-order valence-corrected chi connectivity index (χ1v) is 13.6. The van der Waals surface area contributed by atoms with Crippen LogP contribution in [0.15, 0.2) is 60.0 Å². The molecule has 0 bridgehead atoms. The molecular formula is C29H32FN3O2S. The van der Waals surface area contributed by atoms with Crippen molar-refractivity contribution in [2.45, 2.75) is 32.2 Å². The lowest BCUT2D eigenvalue weighted by Crippen LogP contribution is -2.45. The van der Waals surface area contributed by atoms with E-state index in [-0.39, 0.29) is 30.2 Å². The number of carbonyl (C=O) groups excluding carboxylic acids is 2. The minimum atomic E-state index is -0.261. The Morgan fingerprint density at radius 3 is 2.53 bits per heavy atom. The number of rotatable bonds is 5. The third-order valence-electron chi connectivity index (χ3n) is 7.31. The number of hydrogen-bond donors (Lipinski definition) is 0. The Hall–Kier alpha value is -3.03. The fourth-order valence-electron chi connectivity index (χ4n) is 5.31. The molecule has 0 N–H and O–H groups in total. The van der Waals surface area contributed by atoms with Crippen LogP contribution >= 0.6 is 11.3 Å². The second-order valence-electron chi connectivity index (χ2n) is 9.55. The van der Waals surface area contributed by atoms with Crippen LogP contribution in [0.1, 0.15) is 51.3 Å². The van der Waals surface area contributed by atoms with Crippen molar-refractivity contribution in [2.75, 3.05) is 39.3 Å². The van der Waals surface area contributed by atoms with Crippen molar-refractivity contribution in [1.82, 2.24) is 14.7 Å². The summed E-state index contributed by atoms with van der Waals surface area (Å²) in [5, 5.41) is 2.08. The minimum absolute atomic E-state index is 0.0270. The Balaban J connectivity index is 1.26. The van der Waals surface area contributed by atoms with Crippen LogP contribution in [0.5, 0.6) is 0 Å². The van der Waals surface area contributed by atoms with Gasteiger partial charge in [0.15, 0.2) is 0 Å². The van der Waals surface area contributed by atoms with Gasteiger partial charge in [-0.1, -0.05) is 31.2 Å². The maximum absolute atomic E-state index is 14.1. The highest BCUT2D eigenvalue weighted by molar-refractivity contribution is 7.10. The van der Waals surface area contributed by atoms with Crippen LogP contribution in [0, 0.1) is 5.82 Å². The highest BCUT2D eigenvalue weighted by Gasteiger charge is 2.32. The third-order valence-corrected chi connectivity index (χ3v) is 8.31. The molecule has 0 radical (unpaired) electrons. The number of carbonyl (C=O) groups is 2. The number of thiophene rings is 1. The Bertz CT molecular complexity index is 1230. The fourth-order valence-corrected chi connectivity index (χ4v) is 6.22. The van der Waals surface area contributed by atoms with E-state index < -0.39 is 0 Å². The van der Waals surface area contributed by atoms with Gasteiger partial charge in [0.05, 0.1) is 12.6 Å². The zero-order valence-corrected chi connectivity index (χ0v) is 21.5. The molecule has 5 rings (SSSR count). The van der Waals surface area contributed by atoms with Gasteiger partial charge in [0.1, 0.15) is 5.82 Å². The quantitative estimate of drug-likeness (QED) is 0.502. The van der Waals surface area contributed by atoms with Gasteiger partial charge < -0.3 is 9.80 Å². The van der Waals surface area contributed by atoms with Crippen molar-refractivity contribution in [1.29, 1.82) is 0 Å². The first kappa shape index (κ1) is 24.7. The van der Waals surface area contributed by atoms with E-state index >= 15 is 0 Å². The molecule has 0 saturated carbocycles. The maximum atomic E-state index is 14.1. The first-order chi connectivity index (χ1) is 17.5. The topological polar surface area (TPSA) is 43.9 Å². The predicted molar refractivity (Wildman–Crippen MR) is 141 cm³/mol. The van der Waals surface area contributed by atoms with Gasteiger partial charge in [-0.15, -0.1) is 11.3 Å². The van der Waals surface area contributed by atoms with Gasteiger partial charge in [-0.2, -0.15) is 0 Å². The Morgan fingerprint density at radius 2 is 1.75 bits per heavy atom. The van der Waals surface area contributed by atoms with E-state index in [1.165, 1.54) is 22.1 Å². The number of amides is 2. The number of aryl methyl sites for hydroxylation is 1. The van der Waals surface area contributed by atoms with Gasteiger partial charge in [0.2, 0.25) is 5.91 Å². The summed E-state index contributed by atoms with van der Waals surface area (Å²) in [6, 6.07) is 16.5. The summed E-state index contributed by atoms with van der Waals surface area (Å²) in [5.74, 6) is -0.168. The van der Waals surface area contributed by atoms with E-state index in [4.69, 9.17) is 0 Å². The summed E-state index contributed by atoms with van der Waals surface area (Å²) in [6.45, 7) is 5.48. The average molecular weight is 506 g/mol. The lowest BCUT2D eigenvalue weighted by molar-refractivity contribution is -0.132. The molecular weight excluding hydrogens is 473 g/mol. The van der Waals surface area contributed by atoms with Crippen LogP contribution in [-0.4, -0.2) is 65.8 Å². The molecule has 3 aromatic rings. The zero-order chi connectivity index (χ0) is 25.1. The van der Waals surface area contributed by atoms with Gasteiger partial charge >= 0.3 is 0 Å². The highest BCUT2D eigenvalue weighted by Crippen LogP contribution is 2.37. The van der Waals surface area contributed by atoms with Crippen molar-refractivity contribution < 1.29 is 14.0 Å². The van der Waals surface area contributed by atoms with Crippen molar-refractivity contribution in [3.05, 3.63) is 92.9 Å². The molecule has 5 nitrogen and oxygen atoms in total.